The first-order chi connectivity index (χ1) is 8.85. The lowest BCUT2D eigenvalue weighted by molar-refractivity contribution is 0.206. The van der Waals surface area contributed by atoms with Crippen LogP contribution in [0.3, 0.4) is 0 Å². The summed E-state index contributed by atoms with van der Waals surface area (Å²) in [5.41, 5.74) is 5.11. The summed E-state index contributed by atoms with van der Waals surface area (Å²) in [6.45, 7) is 0. The standard InChI is InChI=1S/C18H22/c1-3-13-14-4-2-8-18(14)10-17(13,7-1)15-11-5-6-12(9-11)16(15)18/h11-14H,1-9H2/t11-,12+,13+,14-,17+,18-. The van der Waals surface area contributed by atoms with Gasteiger partial charge < -0.3 is 0 Å². The second-order valence-electron chi connectivity index (χ2n) is 8.10. The Bertz CT molecular complexity index is 444. The van der Waals surface area contributed by atoms with E-state index in [4.69, 9.17) is 0 Å². The van der Waals surface area contributed by atoms with Crippen LogP contribution in [0, 0.1) is 40.9 Å². The maximum atomic E-state index is 4.31. The Balaban J connectivity index is 1.67. The van der Waals surface area contributed by atoms with Crippen LogP contribution in [0.4, 0.5) is 0 Å². The second kappa shape index (κ2) is 2.63. The van der Waals surface area contributed by atoms with Crippen molar-refractivity contribution in [1.29, 1.82) is 0 Å². The van der Waals surface area contributed by atoms with E-state index in [1.807, 2.05) is 11.1 Å². The monoisotopic (exact) mass is 238 g/mol. The van der Waals surface area contributed by atoms with Crippen molar-refractivity contribution in [2.45, 2.75) is 57.8 Å². The highest BCUT2D eigenvalue weighted by Crippen LogP contribution is 2.82. The van der Waals surface area contributed by atoms with E-state index in [9.17, 15) is 0 Å². The van der Waals surface area contributed by atoms with Crippen LogP contribution in [0.25, 0.3) is 0 Å². The molecule has 6 rings (SSSR count). The molecule has 0 heterocycles. The highest BCUT2D eigenvalue weighted by atomic mass is 14.8. The molecule has 0 aromatic carbocycles. The molecule has 6 aliphatic rings. The summed E-state index contributed by atoms with van der Waals surface area (Å²) >= 11 is 0. The lowest BCUT2D eigenvalue weighted by atomic mass is 9.63. The summed E-state index contributed by atoms with van der Waals surface area (Å²) in [5.74, 6) is 4.11. The van der Waals surface area contributed by atoms with E-state index in [0.29, 0.717) is 10.8 Å². The topological polar surface area (TPSA) is 0 Å². The molecule has 0 unspecified atom stereocenters. The van der Waals surface area contributed by atoms with E-state index in [1.54, 1.807) is 6.42 Å². The average Bonchev–Trinajstić information content (AvgIpc) is 3.13. The second-order valence-corrected chi connectivity index (χ2v) is 8.10. The smallest absolute Gasteiger partial charge is 0.00551 e. The average molecular weight is 238 g/mol. The highest BCUT2D eigenvalue weighted by molar-refractivity contribution is 5.55. The van der Waals surface area contributed by atoms with E-state index in [0.717, 1.165) is 23.7 Å². The fourth-order valence-electron chi connectivity index (χ4n) is 7.82. The van der Waals surface area contributed by atoms with Crippen LogP contribution in [0.15, 0.2) is 11.1 Å². The molecule has 0 nitrogen and oxygen atoms in total. The summed E-state index contributed by atoms with van der Waals surface area (Å²) in [4.78, 5) is 0. The molecule has 6 aliphatic carbocycles. The van der Waals surface area contributed by atoms with Gasteiger partial charge in [-0.25, -0.2) is 0 Å². The minimum absolute atomic E-state index is 0.542. The summed E-state index contributed by atoms with van der Waals surface area (Å²) < 4.78 is 0. The van der Waals surface area contributed by atoms with Crippen molar-refractivity contribution >= 4 is 0 Å². The fraction of sp³-hybridized carbons (Fsp3) is 0.833. The minimum Gasteiger partial charge on any atom is -0.0599 e. The zero-order chi connectivity index (χ0) is 11.5. The molecule has 2 radical (unpaired) electrons. The fourth-order valence-corrected chi connectivity index (χ4v) is 7.82. The molecule has 0 aromatic heterocycles. The summed E-state index contributed by atoms with van der Waals surface area (Å²) in [7, 11) is 0. The Labute approximate surface area is 110 Å². The van der Waals surface area contributed by atoms with E-state index in [2.05, 4.69) is 6.42 Å². The van der Waals surface area contributed by atoms with Gasteiger partial charge in [-0.1, -0.05) is 24.0 Å². The van der Waals surface area contributed by atoms with Gasteiger partial charge in [0.2, 0.25) is 0 Å². The van der Waals surface area contributed by atoms with Gasteiger partial charge >= 0.3 is 0 Å². The molecule has 18 heavy (non-hydrogen) atoms. The van der Waals surface area contributed by atoms with Crippen molar-refractivity contribution in [3.8, 4) is 0 Å². The molecule has 4 fully saturated rings. The minimum atomic E-state index is 0.542. The van der Waals surface area contributed by atoms with Crippen LogP contribution in [0.1, 0.15) is 57.8 Å². The van der Waals surface area contributed by atoms with Gasteiger partial charge in [0.25, 0.3) is 0 Å². The molecule has 0 N–H and O–H groups in total. The van der Waals surface area contributed by atoms with Gasteiger partial charge in [0.1, 0.15) is 0 Å². The van der Waals surface area contributed by atoms with E-state index < -0.39 is 0 Å². The van der Waals surface area contributed by atoms with Crippen LogP contribution in [-0.2, 0) is 0 Å². The molecular weight excluding hydrogens is 216 g/mol. The third-order valence-corrected chi connectivity index (χ3v) is 7.87. The Hall–Kier alpha value is -0.260. The quantitative estimate of drug-likeness (QED) is 0.549. The van der Waals surface area contributed by atoms with Crippen molar-refractivity contribution in [1.82, 2.24) is 0 Å². The first kappa shape index (κ1) is 9.61. The van der Waals surface area contributed by atoms with Crippen LogP contribution in [0.5, 0.6) is 0 Å². The molecular formula is C18H22. The number of fused-ring (bicyclic) bond motifs is 5. The molecule has 0 aliphatic heterocycles. The predicted octanol–water partition coefficient (Wildman–Crippen LogP) is 4.39. The zero-order valence-electron chi connectivity index (χ0n) is 11.2. The van der Waals surface area contributed by atoms with Crippen molar-refractivity contribution in [3.05, 3.63) is 17.6 Å². The van der Waals surface area contributed by atoms with Crippen molar-refractivity contribution in [2.24, 2.45) is 34.5 Å². The third-order valence-electron chi connectivity index (χ3n) is 7.87. The lowest BCUT2D eigenvalue weighted by Crippen LogP contribution is -2.33. The number of hydrogen-bond donors (Lipinski definition) is 0. The number of rotatable bonds is 0. The molecule has 0 amide bonds. The molecule has 4 saturated carbocycles. The SMILES string of the molecule is [C]1[C@@]23CCC[C@H]2[C@H]2CCC[C@@]12C1=C3[C@@H]2CC[C@H]1C2. The Morgan fingerprint density at radius 2 is 1.33 bits per heavy atom. The molecule has 0 aromatic rings. The van der Waals surface area contributed by atoms with Crippen LogP contribution >= 0.6 is 0 Å². The zero-order valence-corrected chi connectivity index (χ0v) is 11.2. The maximum absolute atomic E-state index is 4.31. The predicted molar refractivity (Wildman–Crippen MR) is 70.6 cm³/mol. The first-order valence-corrected chi connectivity index (χ1v) is 8.39. The van der Waals surface area contributed by atoms with Crippen molar-refractivity contribution < 1.29 is 0 Å². The van der Waals surface area contributed by atoms with Crippen molar-refractivity contribution in [3.63, 3.8) is 0 Å². The van der Waals surface area contributed by atoms with E-state index in [1.165, 1.54) is 51.4 Å². The Morgan fingerprint density at radius 3 is 1.89 bits per heavy atom. The van der Waals surface area contributed by atoms with Gasteiger partial charge in [0.05, 0.1) is 0 Å². The van der Waals surface area contributed by atoms with E-state index >= 15 is 0 Å². The number of hydrogen-bond acceptors (Lipinski definition) is 0. The number of allylic oxidation sites excluding steroid dienone is 2. The Morgan fingerprint density at radius 1 is 0.778 bits per heavy atom. The molecule has 4 bridgehead atoms. The summed E-state index contributed by atoms with van der Waals surface area (Å²) in [6.07, 6.45) is 18.0. The van der Waals surface area contributed by atoms with Crippen LogP contribution < -0.4 is 0 Å². The van der Waals surface area contributed by atoms with Crippen LogP contribution in [0.2, 0.25) is 0 Å². The maximum Gasteiger partial charge on any atom is 0.00551 e. The van der Waals surface area contributed by atoms with Gasteiger partial charge in [0.15, 0.2) is 0 Å². The molecule has 94 valence electrons. The third kappa shape index (κ3) is 0.724. The van der Waals surface area contributed by atoms with Crippen molar-refractivity contribution in [2.75, 3.05) is 0 Å². The molecule has 0 heteroatoms. The normalized spacial score (nSPS) is 62.7. The van der Waals surface area contributed by atoms with Crippen LogP contribution in [-0.4, -0.2) is 0 Å². The largest absolute Gasteiger partial charge is 0.0599 e. The van der Waals surface area contributed by atoms with E-state index in [-0.39, 0.29) is 0 Å². The van der Waals surface area contributed by atoms with Gasteiger partial charge in [-0.3, -0.25) is 0 Å². The summed E-state index contributed by atoms with van der Waals surface area (Å²) in [5, 5.41) is 0. The van der Waals surface area contributed by atoms with Gasteiger partial charge in [-0.15, -0.1) is 0 Å². The first-order valence-electron chi connectivity index (χ1n) is 8.39. The highest BCUT2D eigenvalue weighted by Gasteiger charge is 2.74. The van der Waals surface area contributed by atoms with Gasteiger partial charge in [-0.05, 0) is 68.6 Å². The Kier molecular flexibility index (Phi) is 1.40. The lowest BCUT2D eigenvalue weighted by Gasteiger charge is -2.41. The summed E-state index contributed by atoms with van der Waals surface area (Å²) in [6, 6.07) is 0. The molecule has 0 saturated heterocycles. The molecule has 6 atom stereocenters. The van der Waals surface area contributed by atoms with Gasteiger partial charge in [-0.2, -0.15) is 0 Å². The van der Waals surface area contributed by atoms with Gasteiger partial charge in [0, 0.05) is 17.3 Å². The molecule has 2 spiro atoms.